The Kier molecular flexibility index (Phi) is 6.66. The zero-order chi connectivity index (χ0) is 21.8. The van der Waals surface area contributed by atoms with Gasteiger partial charge in [-0.2, -0.15) is 0 Å². The summed E-state index contributed by atoms with van der Waals surface area (Å²) < 4.78 is 0. The third-order valence-corrected chi connectivity index (χ3v) is 6.52. The van der Waals surface area contributed by atoms with Crippen molar-refractivity contribution < 1.29 is 14.7 Å². The summed E-state index contributed by atoms with van der Waals surface area (Å²) in [5.74, 6) is -0.470. The van der Waals surface area contributed by atoms with E-state index in [4.69, 9.17) is 10.1 Å². The number of hydrogen-bond acceptors (Lipinski definition) is 4. The molecule has 1 fully saturated rings. The van der Waals surface area contributed by atoms with Crippen LogP contribution in [0.15, 0.2) is 30.3 Å². The van der Waals surface area contributed by atoms with Gasteiger partial charge in [-0.1, -0.05) is 12.1 Å². The van der Waals surface area contributed by atoms with Crippen LogP contribution in [0.4, 0.5) is 5.69 Å². The van der Waals surface area contributed by atoms with Crippen molar-refractivity contribution >= 4 is 17.6 Å². The topological polar surface area (TPSA) is 82.5 Å². The number of nitrogens with one attached hydrogen (secondary N) is 1. The minimum Gasteiger partial charge on any atom is -0.480 e. The number of aliphatic carboxylic acids is 1. The van der Waals surface area contributed by atoms with Crippen LogP contribution in [0.1, 0.15) is 48.9 Å². The molecule has 0 bridgehead atoms. The molecule has 0 spiro atoms. The standard InChI is InChI=1S/C25H31N3O3/c1-17-6-8-20(15-21(17)23-9-7-19-4-2-3-5-22(19)27-23)26-24(29)14-18-10-12-28(13-11-18)16-25(30)31/h6-9,15,18H,2-5,10-14,16H2,1H3,(H,26,29)(H,30,31). The molecular formula is C25H31N3O3. The number of aromatic nitrogens is 1. The van der Waals surface area contributed by atoms with Crippen LogP contribution in [0.25, 0.3) is 11.3 Å². The van der Waals surface area contributed by atoms with Gasteiger partial charge < -0.3 is 10.4 Å². The summed E-state index contributed by atoms with van der Waals surface area (Å²) in [5, 5.41) is 12.0. The highest BCUT2D eigenvalue weighted by Crippen LogP contribution is 2.29. The molecule has 0 unspecified atom stereocenters. The number of pyridine rings is 1. The van der Waals surface area contributed by atoms with Crippen LogP contribution in [0.5, 0.6) is 0 Å². The number of benzene rings is 1. The van der Waals surface area contributed by atoms with Gasteiger partial charge in [0.1, 0.15) is 0 Å². The predicted molar refractivity (Wildman–Crippen MR) is 121 cm³/mol. The normalized spacial score (nSPS) is 17.2. The van der Waals surface area contributed by atoms with Crippen molar-refractivity contribution in [3.8, 4) is 11.3 Å². The molecule has 2 aliphatic rings. The van der Waals surface area contributed by atoms with Crippen molar-refractivity contribution in [1.82, 2.24) is 9.88 Å². The summed E-state index contributed by atoms with van der Waals surface area (Å²) in [4.78, 5) is 30.3. The van der Waals surface area contributed by atoms with Crippen LogP contribution in [0.2, 0.25) is 0 Å². The average Bonchev–Trinajstić information content (AvgIpc) is 2.76. The molecule has 1 aromatic carbocycles. The maximum Gasteiger partial charge on any atom is 0.317 e. The molecule has 0 saturated carbocycles. The van der Waals surface area contributed by atoms with Crippen LogP contribution in [-0.4, -0.2) is 46.5 Å². The summed E-state index contributed by atoms with van der Waals surface area (Å²) in [5.41, 5.74) is 6.56. The number of rotatable bonds is 6. The number of amides is 1. The van der Waals surface area contributed by atoms with Gasteiger partial charge in [-0.3, -0.25) is 19.5 Å². The van der Waals surface area contributed by atoms with E-state index in [2.05, 4.69) is 24.4 Å². The van der Waals surface area contributed by atoms with E-state index in [-0.39, 0.29) is 12.5 Å². The van der Waals surface area contributed by atoms with Gasteiger partial charge in [-0.25, -0.2) is 0 Å². The van der Waals surface area contributed by atoms with Crippen molar-refractivity contribution in [2.45, 2.75) is 51.9 Å². The fourth-order valence-corrected chi connectivity index (χ4v) is 4.72. The number of likely N-dealkylation sites (tertiary alicyclic amines) is 1. The molecule has 1 aromatic heterocycles. The van der Waals surface area contributed by atoms with Crippen LogP contribution in [-0.2, 0) is 22.4 Å². The molecule has 1 amide bonds. The Morgan fingerprint density at radius 3 is 2.68 bits per heavy atom. The molecule has 6 heteroatoms. The Labute approximate surface area is 183 Å². The maximum atomic E-state index is 12.6. The Hall–Kier alpha value is -2.73. The molecular weight excluding hydrogens is 390 g/mol. The summed E-state index contributed by atoms with van der Waals surface area (Å²) in [7, 11) is 0. The van der Waals surface area contributed by atoms with Gasteiger partial charge in [-0.05, 0) is 93.8 Å². The van der Waals surface area contributed by atoms with Gasteiger partial charge >= 0.3 is 5.97 Å². The lowest BCUT2D eigenvalue weighted by Crippen LogP contribution is -2.38. The molecule has 2 heterocycles. The predicted octanol–water partition coefficient (Wildman–Crippen LogP) is 4.06. The quantitative estimate of drug-likeness (QED) is 0.735. The lowest BCUT2D eigenvalue weighted by molar-refractivity contribution is -0.138. The first kappa shape index (κ1) is 21.5. The van der Waals surface area contributed by atoms with E-state index in [0.717, 1.165) is 61.3 Å². The van der Waals surface area contributed by atoms with Gasteiger partial charge in [0, 0.05) is 23.4 Å². The van der Waals surface area contributed by atoms with E-state index in [9.17, 15) is 9.59 Å². The molecule has 1 saturated heterocycles. The first-order valence-corrected chi connectivity index (χ1v) is 11.3. The van der Waals surface area contributed by atoms with E-state index in [1.165, 1.54) is 24.1 Å². The number of carboxylic acid groups (broad SMARTS) is 1. The Balaban J connectivity index is 1.38. The first-order chi connectivity index (χ1) is 15.0. The monoisotopic (exact) mass is 421 g/mol. The average molecular weight is 422 g/mol. The number of carbonyl (C=O) groups excluding carboxylic acids is 1. The third kappa shape index (κ3) is 5.50. The summed E-state index contributed by atoms with van der Waals surface area (Å²) in [6.45, 7) is 3.64. The lowest BCUT2D eigenvalue weighted by atomic mass is 9.93. The molecule has 1 aliphatic carbocycles. The van der Waals surface area contributed by atoms with E-state index in [0.29, 0.717) is 12.3 Å². The summed E-state index contributed by atoms with van der Waals surface area (Å²) in [6, 6.07) is 10.3. The molecule has 0 radical (unpaired) electrons. The van der Waals surface area contributed by atoms with Gasteiger partial charge in [0.05, 0.1) is 12.2 Å². The highest BCUT2D eigenvalue weighted by Gasteiger charge is 2.23. The molecule has 2 aromatic rings. The third-order valence-electron chi connectivity index (χ3n) is 6.52. The fraction of sp³-hybridized carbons (Fsp3) is 0.480. The SMILES string of the molecule is Cc1ccc(NC(=O)CC2CCN(CC(=O)O)CC2)cc1-c1ccc2c(n1)CCCC2. The van der Waals surface area contributed by atoms with Crippen LogP contribution in [0, 0.1) is 12.8 Å². The van der Waals surface area contributed by atoms with Crippen LogP contribution >= 0.6 is 0 Å². The number of carbonyl (C=O) groups is 2. The summed E-state index contributed by atoms with van der Waals surface area (Å²) in [6.07, 6.45) is 6.80. The molecule has 2 N–H and O–H groups in total. The highest BCUT2D eigenvalue weighted by molar-refractivity contribution is 5.91. The minimum atomic E-state index is -0.792. The molecule has 4 rings (SSSR count). The second kappa shape index (κ2) is 9.60. The van der Waals surface area contributed by atoms with Crippen molar-refractivity contribution in [3.63, 3.8) is 0 Å². The van der Waals surface area contributed by atoms with Crippen molar-refractivity contribution in [2.24, 2.45) is 5.92 Å². The number of piperidine rings is 1. The number of aryl methyl sites for hydroxylation is 3. The van der Waals surface area contributed by atoms with Gasteiger partial charge in [-0.15, -0.1) is 0 Å². The fourth-order valence-electron chi connectivity index (χ4n) is 4.72. The Morgan fingerprint density at radius 1 is 1.13 bits per heavy atom. The van der Waals surface area contributed by atoms with Crippen molar-refractivity contribution in [3.05, 3.63) is 47.2 Å². The van der Waals surface area contributed by atoms with Crippen LogP contribution < -0.4 is 5.32 Å². The number of anilines is 1. The molecule has 31 heavy (non-hydrogen) atoms. The Bertz CT molecular complexity index is 964. The zero-order valence-electron chi connectivity index (χ0n) is 18.2. The van der Waals surface area contributed by atoms with E-state index in [1.54, 1.807) is 0 Å². The lowest BCUT2D eigenvalue weighted by Gasteiger charge is -2.30. The number of nitrogens with zero attached hydrogens (tertiary/aromatic N) is 2. The Morgan fingerprint density at radius 2 is 1.90 bits per heavy atom. The molecule has 1 aliphatic heterocycles. The van der Waals surface area contributed by atoms with E-state index >= 15 is 0 Å². The van der Waals surface area contributed by atoms with Crippen LogP contribution in [0.3, 0.4) is 0 Å². The number of hydrogen-bond donors (Lipinski definition) is 2. The smallest absolute Gasteiger partial charge is 0.317 e. The van der Waals surface area contributed by atoms with Crippen molar-refractivity contribution in [2.75, 3.05) is 25.0 Å². The summed E-state index contributed by atoms with van der Waals surface area (Å²) >= 11 is 0. The first-order valence-electron chi connectivity index (χ1n) is 11.3. The zero-order valence-corrected chi connectivity index (χ0v) is 18.2. The molecule has 0 atom stereocenters. The van der Waals surface area contributed by atoms with Crippen molar-refractivity contribution in [1.29, 1.82) is 0 Å². The second-order valence-corrected chi connectivity index (χ2v) is 8.90. The maximum absolute atomic E-state index is 12.6. The van der Waals surface area contributed by atoms with Gasteiger partial charge in [0.25, 0.3) is 0 Å². The van der Waals surface area contributed by atoms with Gasteiger partial charge in [0.2, 0.25) is 5.91 Å². The largest absolute Gasteiger partial charge is 0.480 e. The number of fused-ring (bicyclic) bond motifs is 1. The second-order valence-electron chi connectivity index (χ2n) is 8.90. The number of carboxylic acids is 1. The van der Waals surface area contributed by atoms with E-state index < -0.39 is 5.97 Å². The molecule has 164 valence electrons. The highest BCUT2D eigenvalue weighted by atomic mass is 16.4. The van der Waals surface area contributed by atoms with Gasteiger partial charge in [0.15, 0.2) is 0 Å². The van der Waals surface area contributed by atoms with E-state index in [1.807, 2.05) is 23.1 Å². The molecule has 6 nitrogen and oxygen atoms in total. The minimum absolute atomic E-state index is 0.0184.